The highest BCUT2D eigenvalue weighted by atomic mass is 16.5. The van der Waals surface area contributed by atoms with Crippen LogP contribution in [0.25, 0.3) is 11.0 Å². The lowest BCUT2D eigenvalue weighted by molar-refractivity contribution is 0.210. The highest BCUT2D eigenvalue weighted by Gasteiger charge is 2.15. The first kappa shape index (κ1) is 11.5. The minimum Gasteiger partial charge on any atom is -0.476 e. The second-order valence-electron chi connectivity index (χ2n) is 4.90. The molecule has 0 amide bonds. The van der Waals surface area contributed by atoms with Crippen LogP contribution in [0.2, 0.25) is 0 Å². The topological polar surface area (TPSA) is 62.8 Å². The number of hydrogen-bond donors (Lipinski definition) is 2. The Bertz CT molecular complexity index is 531. The first-order chi connectivity index (χ1) is 8.83. The van der Waals surface area contributed by atoms with E-state index in [1.807, 2.05) is 13.0 Å². The Hall–Kier alpha value is -1.62. The molecule has 1 aliphatic heterocycles. The largest absolute Gasteiger partial charge is 0.476 e. The summed E-state index contributed by atoms with van der Waals surface area (Å²) in [5, 5.41) is 3.36. The summed E-state index contributed by atoms with van der Waals surface area (Å²) in [4.78, 5) is 11.7. The second kappa shape index (κ2) is 4.94. The van der Waals surface area contributed by atoms with Gasteiger partial charge in [-0.3, -0.25) is 0 Å². The Morgan fingerprint density at radius 2 is 2.17 bits per heavy atom. The van der Waals surface area contributed by atoms with E-state index in [1.54, 1.807) is 6.33 Å². The number of aryl methyl sites for hydroxylation is 1. The van der Waals surface area contributed by atoms with E-state index in [0.717, 1.165) is 36.4 Å². The van der Waals surface area contributed by atoms with E-state index in [2.05, 4.69) is 20.3 Å². The van der Waals surface area contributed by atoms with E-state index in [0.29, 0.717) is 11.8 Å². The zero-order valence-electron chi connectivity index (χ0n) is 10.6. The van der Waals surface area contributed by atoms with Crippen molar-refractivity contribution in [2.24, 2.45) is 5.92 Å². The zero-order chi connectivity index (χ0) is 12.4. The van der Waals surface area contributed by atoms with Crippen LogP contribution in [0.15, 0.2) is 12.4 Å². The van der Waals surface area contributed by atoms with E-state index in [9.17, 15) is 0 Å². The highest BCUT2D eigenvalue weighted by molar-refractivity contribution is 5.80. The molecule has 0 atom stereocenters. The first-order valence-corrected chi connectivity index (χ1v) is 6.47. The van der Waals surface area contributed by atoms with Gasteiger partial charge in [0, 0.05) is 5.69 Å². The maximum Gasteiger partial charge on any atom is 0.241 e. The van der Waals surface area contributed by atoms with Crippen LogP contribution in [0.3, 0.4) is 0 Å². The molecule has 18 heavy (non-hydrogen) atoms. The molecule has 1 saturated heterocycles. The monoisotopic (exact) mass is 246 g/mol. The van der Waals surface area contributed by atoms with Gasteiger partial charge in [0.05, 0.1) is 12.1 Å². The third kappa shape index (κ3) is 2.31. The van der Waals surface area contributed by atoms with Gasteiger partial charge in [-0.25, -0.2) is 4.98 Å². The molecule has 96 valence electrons. The molecule has 5 nitrogen and oxygen atoms in total. The summed E-state index contributed by atoms with van der Waals surface area (Å²) in [7, 11) is 0. The molecule has 0 aliphatic carbocycles. The van der Waals surface area contributed by atoms with Gasteiger partial charge in [-0.2, -0.15) is 4.98 Å². The minimum absolute atomic E-state index is 0.632. The van der Waals surface area contributed by atoms with E-state index >= 15 is 0 Å². The Labute approximate surface area is 106 Å². The van der Waals surface area contributed by atoms with Gasteiger partial charge in [0.25, 0.3) is 0 Å². The predicted molar refractivity (Wildman–Crippen MR) is 69.7 cm³/mol. The minimum atomic E-state index is 0.632. The standard InChI is InChI=1S/C13H18N4O/c1-9-6-11-12(17-9)13(16-8-15-11)18-7-10-2-4-14-5-3-10/h6,8,10,14,17H,2-5,7H2,1H3. The van der Waals surface area contributed by atoms with E-state index in [-0.39, 0.29) is 0 Å². The van der Waals surface area contributed by atoms with Crippen molar-refractivity contribution in [1.82, 2.24) is 20.3 Å². The van der Waals surface area contributed by atoms with Gasteiger partial charge >= 0.3 is 0 Å². The number of piperidine rings is 1. The smallest absolute Gasteiger partial charge is 0.241 e. The molecule has 3 heterocycles. The number of rotatable bonds is 3. The Balaban J connectivity index is 1.73. The quantitative estimate of drug-likeness (QED) is 0.864. The van der Waals surface area contributed by atoms with Crippen molar-refractivity contribution < 1.29 is 4.74 Å². The lowest BCUT2D eigenvalue weighted by Crippen LogP contribution is -2.30. The van der Waals surface area contributed by atoms with E-state index in [4.69, 9.17) is 4.74 Å². The number of ether oxygens (including phenoxy) is 1. The molecule has 1 aliphatic rings. The second-order valence-corrected chi connectivity index (χ2v) is 4.90. The fourth-order valence-electron chi connectivity index (χ4n) is 2.40. The molecule has 1 fully saturated rings. The van der Waals surface area contributed by atoms with Crippen LogP contribution < -0.4 is 10.1 Å². The van der Waals surface area contributed by atoms with Crippen molar-refractivity contribution >= 4 is 11.0 Å². The highest BCUT2D eigenvalue weighted by Crippen LogP contribution is 2.22. The number of hydrogen-bond acceptors (Lipinski definition) is 4. The number of aromatic amines is 1. The fraction of sp³-hybridized carbons (Fsp3) is 0.538. The molecule has 0 saturated carbocycles. The van der Waals surface area contributed by atoms with Crippen molar-refractivity contribution in [3.8, 4) is 5.88 Å². The summed E-state index contributed by atoms with van der Waals surface area (Å²) in [6, 6.07) is 2.01. The van der Waals surface area contributed by atoms with Gasteiger partial charge < -0.3 is 15.0 Å². The molecule has 0 bridgehead atoms. The summed E-state index contributed by atoms with van der Waals surface area (Å²) < 4.78 is 5.86. The first-order valence-electron chi connectivity index (χ1n) is 6.47. The average Bonchev–Trinajstić information content (AvgIpc) is 2.78. The zero-order valence-corrected chi connectivity index (χ0v) is 10.6. The van der Waals surface area contributed by atoms with Crippen molar-refractivity contribution in [3.63, 3.8) is 0 Å². The third-order valence-electron chi connectivity index (χ3n) is 3.43. The summed E-state index contributed by atoms with van der Waals surface area (Å²) in [6.07, 6.45) is 3.92. The summed E-state index contributed by atoms with van der Waals surface area (Å²) in [5.74, 6) is 1.30. The normalized spacial score (nSPS) is 17.2. The van der Waals surface area contributed by atoms with E-state index < -0.39 is 0 Å². The summed E-state index contributed by atoms with van der Waals surface area (Å²) in [6.45, 7) is 4.94. The van der Waals surface area contributed by atoms with Gasteiger partial charge in [0.2, 0.25) is 5.88 Å². The van der Waals surface area contributed by atoms with Gasteiger partial charge in [-0.15, -0.1) is 0 Å². The Morgan fingerprint density at radius 3 is 3.00 bits per heavy atom. The molecule has 3 rings (SSSR count). The third-order valence-corrected chi connectivity index (χ3v) is 3.43. The van der Waals surface area contributed by atoms with Gasteiger partial charge in [-0.1, -0.05) is 0 Å². The van der Waals surface area contributed by atoms with Crippen LogP contribution >= 0.6 is 0 Å². The molecule has 5 heteroatoms. The van der Waals surface area contributed by atoms with Crippen LogP contribution in [-0.4, -0.2) is 34.6 Å². The molecule has 0 unspecified atom stereocenters. The van der Waals surface area contributed by atoms with Gasteiger partial charge in [0.15, 0.2) is 0 Å². The van der Waals surface area contributed by atoms with Gasteiger partial charge in [-0.05, 0) is 44.8 Å². The summed E-state index contributed by atoms with van der Waals surface area (Å²) in [5.41, 5.74) is 2.91. The average molecular weight is 246 g/mol. The summed E-state index contributed by atoms with van der Waals surface area (Å²) >= 11 is 0. The maximum absolute atomic E-state index is 5.86. The number of H-pyrrole nitrogens is 1. The van der Waals surface area contributed by atoms with Crippen molar-refractivity contribution in [3.05, 3.63) is 18.1 Å². The molecule has 2 aromatic rings. The molecular weight excluding hydrogens is 228 g/mol. The van der Waals surface area contributed by atoms with Crippen LogP contribution in [0, 0.1) is 12.8 Å². The number of nitrogens with zero attached hydrogens (tertiary/aromatic N) is 2. The Morgan fingerprint density at radius 1 is 1.33 bits per heavy atom. The van der Waals surface area contributed by atoms with Crippen LogP contribution in [0.5, 0.6) is 5.88 Å². The lowest BCUT2D eigenvalue weighted by atomic mass is 9.99. The molecule has 0 spiro atoms. The maximum atomic E-state index is 5.86. The van der Waals surface area contributed by atoms with Crippen molar-refractivity contribution in [2.75, 3.05) is 19.7 Å². The van der Waals surface area contributed by atoms with Crippen LogP contribution in [0.1, 0.15) is 18.5 Å². The SMILES string of the molecule is Cc1cc2ncnc(OCC3CCNCC3)c2[nH]1. The molecule has 2 N–H and O–H groups in total. The Kier molecular flexibility index (Phi) is 3.15. The van der Waals surface area contributed by atoms with Crippen LogP contribution in [0.4, 0.5) is 0 Å². The van der Waals surface area contributed by atoms with E-state index in [1.165, 1.54) is 12.8 Å². The molecule has 2 aromatic heterocycles. The number of nitrogens with one attached hydrogen (secondary N) is 2. The lowest BCUT2D eigenvalue weighted by Gasteiger charge is -2.22. The van der Waals surface area contributed by atoms with Crippen molar-refractivity contribution in [2.45, 2.75) is 19.8 Å². The molecular formula is C13H18N4O. The number of aromatic nitrogens is 3. The molecule has 0 radical (unpaired) electrons. The van der Waals surface area contributed by atoms with Crippen LogP contribution in [-0.2, 0) is 0 Å². The predicted octanol–water partition coefficient (Wildman–Crippen LogP) is 1.64. The van der Waals surface area contributed by atoms with Gasteiger partial charge in [0.1, 0.15) is 11.8 Å². The fourth-order valence-corrected chi connectivity index (χ4v) is 2.40. The molecule has 0 aromatic carbocycles. The van der Waals surface area contributed by atoms with Crippen molar-refractivity contribution in [1.29, 1.82) is 0 Å². The number of fused-ring (bicyclic) bond motifs is 1.